The Hall–Kier alpha value is -7.62. The lowest BCUT2D eigenvalue weighted by Gasteiger charge is -2.28. The van der Waals surface area contributed by atoms with Gasteiger partial charge in [0.05, 0.1) is 35.7 Å². The molecule has 0 saturated carbocycles. The van der Waals surface area contributed by atoms with Crippen molar-refractivity contribution in [1.82, 2.24) is 63.6 Å². The molecule has 320 valence electrons. The smallest absolute Gasteiger partial charge is 0.375 e. The molecule has 8 aromatic rings. The molecule has 8 heterocycles. The average molecular weight is 843 g/mol. The summed E-state index contributed by atoms with van der Waals surface area (Å²) in [6.45, 7) is 2.26. The largest absolute Gasteiger partial charge is 0.475 e. The van der Waals surface area contributed by atoms with Crippen LogP contribution in [0.25, 0.3) is 22.7 Å². The quantitative estimate of drug-likeness (QED) is 0.139. The van der Waals surface area contributed by atoms with E-state index in [1.54, 1.807) is 29.5 Å². The van der Waals surface area contributed by atoms with Gasteiger partial charge in [-0.1, -0.05) is 43.8 Å². The first kappa shape index (κ1) is 42.5. The lowest BCUT2D eigenvalue weighted by Crippen LogP contribution is -2.53. The molecule has 2 aromatic carbocycles. The summed E-state index contributed by atoms with van der Waals surface area (Å²) in [5, 5.41) is 39.0. The minimum Gasteiger partial charge on any atom is -0.475 e. The maximum Gasteiger partial charge on any atom is 0.375 e. The van der Waals surface area contributed by atoms with E-state index in [0.717, 1.165) is 47.3 Å². The van der Waals surface area contributed by atoms with Crippen LogP contribution in [-0.4, -0.2) is 136 Å². The zero-order chi connectivity index (χ0) is 42.4. The van der Waals surface area contributed by atoms with Gasteiger partial charge in [0, 0.05) is 75.8 Å². The molecule has 1 amide bonds. The Bertz CT molecular complexity index is 2740. The number of fused-ring (bicyclic) bond motifs is 2. The van der Waals surface area contributed by atoms with E-state index in [1.807, 2.05) is 99.2 Å². The van der Waals surface area contributed by atoms with Crippen LogP contribution in [0.15, 0.2) is 123 Å². The van der Waals surface area contributed by atoms with E-state index in [2.05, 4.69) is 50.3 Å². The molecule has 21 nitrogen and oxygen atoms in total. The van der Waals surface area contributed by atoms with Gasteiger partial charge in [-0.15, -0.1) is 10.2 Å². The number of aliphatic hydroxyl groups excluding tert-OH is 2. The van der Waals surface area contributed by atoms with Crippen LogP contribution in [0.4, 0.5) is 11.6 Å². The second kappa shape index (κ2) is 18.3. The number of aliphatic hydroxyl groups is 2. The molecular weight excluding hydrogens is 797 g/mol. The number of hydrogen-bond acceptors (Lipinski definition) is 15. The fourth-order valence-corrected chi connectivity index (χ4v) is 7.09. The highest BCUT2D eigenvalue weighted by molar-refractivity contribution is 5.91. The summed E-state index contributed by atoms with van der Waals surface area (Å²) in [4.78, 5) is 52.7. The first-order chi connectivity index (χ1) is 29.7. The third kappa shape index (κ3) is 9.08. The Labute approximate surface area is 354 Å². The molecule has 2 atom stereocenters. The Morgan fingerprint density at radius 1 is 0.645 bits per heavy atom. The SMILES string of the molecule is C.NC1(CO)CCN(c2nccn3ccnc23)C1.O=C(N[C@@]1(CO)CCN(c2nccn3ccnc23)C1)c1ncn(-c2ccccc2)n1.O=C(O)c1ncn(-c2ccccc2)n1. The van der Waals surface area contributed by atoms with Crippen LogP contribution in [-0.2, 0) is 0 Å². The fourth-order valence-electron chi connectivity index (χ4n) is 7.09. The highest BCUT2D eigenvalue weighted by Gasteiger charge is 2.41. The van der Waals surface area contributed by atoms with Gasteiger partial charge in [-0.3, -0.25) is 4.79 Å². The van der Waals surface area contributed by atoms with Crippen LogP contribution >= 0.6 is 0 Å². The van der Waals surface area contributed by atoms with E-state index in [-0.39, 0.29) is 32.3 Å². The maximum atomic E-state index is 12.8. The van der Waals surface area contributed by atoms with Gasteiger partial charge < -0.3 is 45.0 Å². The number of nitrogens with one attached hydrogen (secondary N) is 1. The molecule has 21 heteroatoms. The standard InChI is InChI=1S/C20H20N8O2.C11H15N5O.C9H7N3O2.CH4/c29-13-20(6-9-27(12-20)18-17-21-7-10-26(17)11-8-22-18)24-19(30)16-23-14-28(25-16)15-4-2-1-3-5-15;12-11(8-17)1-4-16(7-11)10-9-13-2-5-15(9)6-3-14-10;13-9(14)8-10-6-12(11-8)7-4-2-1-3-5-7;/h1-5,7-8,10-11,14,29H,6,9,12-13H2,(H,24,30);2-3,5-6,17H,1,4,7-8,12H2;1-6H,(H,13,14);1H4/t20-;;;/m0.../s1. The molecular formula is C41H46N16O5. The zero-order valence-corrected chi connectivity index (χ0v) is 32.7. The number of nitrogens with zero attached hydrogens (tertiary/aromatic N) is 14. The van der Waals surface area contributed by atoms with Crippen LogP contribution in [0.2, 0.25) is 0 Å². The molecule has 0 aliphatic carbocycles. The molecule has 6 N–H and O–H groups in total. The third-order valence-corrected chi connectivity index (χ3v) is 10.3. The van der Waals surface area contributed by atoms with Gasteiger partial charge in [0.25, 0.3) is 11.7 Å². The van der Waals surface area contributed by atoms with Gasteiger partial charge in [0.2, 0.25) is 5.82 Å². The number of carboxylic acids is 1. The van der Waals surface area contributed by atoms with E-state index in [0.29, 0.717) is 26.1 Å². The number of aromatic nitrogens is 12. The van der Waals surface area contributed by atoms with E-state index in [9.17, 15) is 19.8 Å². The summed E-state index contributed by atoms with van der Waals surface area (Å²) in [5.41, 5.74) is 7.90. The summed E-state index contributed by atoms with van der Waals surface area (Å²) < 4.78 is 6.78. The summed E-state index contributed by atoms with van der Waals surface area (Å²) in [6.07, 6.45) is 18.6. The monoisotopic (exact) mass is 842 g/mol. The number of carbonyl (C=O) groups excluding carboxylic acids is 1. The first-order valence-electron chi connectivity index (χ1n) is 19.2. The fraction of sp³-hybridized carbons (Fsp3) is 0.268. The summed E-state index contributed by atoms with van der Waals surface area (Å²) in [6, 6.07) is 18.6. The Balaban J connectivity index is 0.000000153. The summed E-state index contributed by atoms with van der Waals surface area (Å²) >= 11 is 0. The van der Waals surface area contributed by atoms with Crippen LogP contribution in [0.1, 0.15) is 41.5 Å². The van der Waals surface area contributed by atoms with Crippen molar-refractivity contribution < 1.29 is 24.9 Å². The maximum absolute atomic E-state index is 12.8. The van der Waals surface area contributed by atoms with Crippen molar-refractivity contribution in [2.24, 2.45) is 5.73 Å². The lowest BCUT2D eigenvalue weighted by molar-refractivity contribution is 0.0683. The van der Waals surface area contributed by atoms with E-state index in [4.69, 9.17) is 10.8 Å². The van der Waals surface area contributed by atoms with Gasteiger partial charge in [-0.05, 0) is 37.1 Å². The van der Waals surface area contributed by atoms with Crippen molar-refractivity contribution in [1.29, 1.82) is 0 Å². The molecule has 1 unspecified atom stereocenters. The number of carboxylic acid groups (broad SMARTS) is 1. The molecule has 2 aliphatic rings. The number of hydrogen-bond donors (Lipinski definition) is 5. The van der Waals surface area contributed by atoms with Gasteiger partial charge in [-0.25, -0.2) is 44.1 Å². The molecule has 62 heavy (non-hydrogen) atoms. The Morgan fingerprint density at radius 3 is 1.61 bits per heavy atom. The van der Waals surface area contributed by atoms with Gasteiger partial charge in [0.15, 0.2) is 22.9 Å². The molecule has 6 aromatic heterocycles. The van der Waals surface area contributed by atoms with Gasteiger partial charge in [-0.2, -0.15) is 0 Å². The Kier molecular flexibility index (Phi) is 12.6. The van der Waals surface area contributed by atoms with Crippen molar-refractivity contribution in [3.63, 3.8) is 0 Å². The van der Waals surface area contributed by atoms with Crippen molar-refractivity contribution in [2.45, 2.75) is 31.3 Å². The van der Waals surface area contributed by atoms with Crippen LogP contribution in [0.5, 0.6) is 0 Å². The number of imidazole rings is 2. The highest BCUT2D eigenvalue weighted by atomic mass is 16.4. The lowest BCUT2D eigenvalue weighted by atomic mass is 10.00. The van der Waals surface area contributed by atoms with Crippen molar-refractivity contribution >= 4 is 34.8 Å². The van der Waals surface area contributed by atoms with Crippen molar-refractivity contribution in [3.05, 3.63) is 135 Å². The molecule has 0 radical (unpaired) electrons. The molecule has 0 bridgehead atoms. The van der Waals surface area contributed by atoms with Crippen LogP contribution in [0, 0.1) is 0 Å². The topological polar surface area (TPSA) is 261 Å². The molecule has 0 spiro atoms. The zero-order valence-electron chi connectivity index (χ0n) is 32.7. The van der Waals surface area contributed by atoms with E-state index in [1.165, 1.54) is 17.3 Å². The second-order valence-electron chi connectivity index (χ2n) is 14.6. The Morgan fingerprint density at radius 2 is 1.13 bits per heavy atom. The second-order valence-corrected chi connectivity index (χ2v) is 14.6. The minimum atomic E-state index is -1.13. The van der Waals surface area contributed by atoms with Gasteiger partial charge >= 0.3 is 5.97 Å². The molecule has 10 rings (SSSR count). The van der Waals surface area contributed by atoms with Crippen molar-refractivity contribution in [3.8, 4) is 11.4 Å². The van der Waals surface area contributed by atoms with E-state index < -0.39 is 23.0 Å². The molecule has 2 aliphatic heterocycles. The van der Waals surface area contributed by atoms with E-state index >= 15 is 0 Å². The van der Waals surface area contributed by atoms with Crippen LogP contribution < -0.4 is 20.9 Å². The number of rotatable bonds is 9. The number of benzene rings is 2. The van der Waals surface area contributed by atoms with Gasteiger partial charge in [0.1, 0.15) is 12.7 Å². The first-order valence-corrected chi connectivity index (χ1v) is 19.2. The third-order valence-electron chi connectivity index (χ3n) is 10.3. The number of amides is 1. The normalized spacial score (nSPS) is 18.1. The number of anilines is 2. The number of nitrogens with two attached hydrogens (primary N) is 1. The molecule has 2 fully saturated rings. The highest BCUT2D eigenvalue weighted by Crippen LogP contribution is 2.28. The molecule has 2 saturated heterocycles. The number of para-hydroxylation sites is 2. The number of carbonyl (C=O) groups is 2. The average Bonchev–Trinajstić information content (AvgIpc) is 4.15. The predicted octanol–water partition coefficient (Wildman–Crippen LogP) is 1.91. The van der Waals surface area contributed by atoms with Crippen molar-refractivity contribution in [2.75, 3.05) is 49.2 Å². The predicted molar refractivity (Wildman–Crippen MR) is 227 cm³/mol. The number of aromatic carboxylic acids is 1. The minimum absolute atomic E-state index is 0. The summed E-state index contributed by atoms with van der Waals surface area (Å²) in [5.74, 6) is -0.142. The van der Waals surface area contributed by atoms with Crippen LogP contribution in [0.3, 0.4) is 0 Å². The summed E-state index contributed by atoms with van der Waals surface area (Å²) in [7, 11) is 0.